The molecule has 3 aromatic rings. The maximum atomic E-state index is 12.5. The molecular formula is C21H22N4O3S. The molecular weight excluding hydrogens is 388 g/mol. The summed E-state index contributed by atoms with van der Waals surface area (Å²) in [6.07, 6.45) is 2.26. The Morgan fingerprint density at radius 1 is 1.14 bits per heavy atom. The number of carbonyl (C=O) groups is 1. The van der Waals surface area contributed by atoms with Crippen molar-refractivity contribution < 1.29 is 14.3 Å². The first-order valence-corrected chi connectivity index (χ1v) is 10.3. The van der Waals surface area contributed by atoms with Crippen LogP contribution in [0.5, 0.6) is 11.5 Å². The minimum Gasteiger partial charge on any atom is -0.497 e. The fraction of sp³-hybridized carbons (Fsp3) is 0.286. The molecule has 29 heavy (non-hydrogen) atoms. The van der Waals surface area contributed by atoms with Crippen LogP contribution in [0.4, 0.5) is 5.69 Å². The lowest BCUT2D eigenvalue weighted by atomic mass is 10.2. The number of amides is 1. The van der Waals surface area contributed by atoms with Crippen molar-refractivity contribution in [2.24, 2.45) is 0 Å². The third-order valence-electron chi connectivity index (χ3n) is 4.63. The van der Waals surface area contributed by atoms with Crippen LogP contribution in [-0.2, 0) is 4.79 Å². The molecule has 1 amide bonds. The summed E-state index contributed by atoms with van der Waals surface area (Å²) >= 11 is 1.37. The predicted octanol–water partition coefficient (Wildman–Crippen LogP) is 3.89. The van der Waals surface area contributed by atoms with Crippen LogP contribution >= 0.6 is 11.8 Å². The number of aromatic nitrogens is 3. The summed E-state index contributed by atoms with van der Waals surface area (Å²) in [5.74, 6) is 2.70. The number of carbonyl (C=O) groups excluding carboxylic acids is 1. The first-order valence-electron chi connectivity index (χ1n) is 9.35. The molecule has 1 aromatic heterocycles. The highest BCUT2D eigenvalue weighted by atomic mass is 32.2. The molecule has 0 spiro atoms. The average Bonchev–Trinajstić information content (AvgIpc) is 3.52. The van der Waals surface area contributed by atoms with Gasteiger partial charge in [-0.25, -0.2) is 0 Å². The number of hydrogen-bond donors (Lipinski definition) is 1. The summed E-state index contributed by atoms with van der Waals surface area (Å²) in [6.45, 7) is 0. The number of benzene rings is 2. The molecule has 0 saturated heterocycles. The zero-order valence-corrected chi connectivity index (χ0v) is 17.1. The molecule has 1 fully saturated rings. The molecule has 0 aliphatic heterocycles. The SMILES string of the molecule is COc1ccc(NC(=O)CSc2nnc(C3CC3)n2-c2ccccc2)c(OC)c1. The summed E-state index contributed by atoms with van der Waals surface area (Å²) in [5.41, 5.74) is 1.61. The van der Waals surface area contributed by atoms with Crippen LogP contribution in [0.25, 0.3) is 5.69 Å². The van der Waals surface area contributed by atoms with E-state index in [-0.39, 0.29) is 11.7 Å². The molecule has 1 N–H and O–H groups in total. The van der Waals surface area contributed by atoms with Gasteiger partial charge in [-0.3, -0.25) is 9.36 Å². The average molecular weight is 410 g/mol. The van der Waals surface area contributed by atoms with E-state index in [0.717, 1.165) is 29.5 Å². The van der Waals surface area contributed by atoms with Gasteiger partial charge in [-0.15, -0.1) is 10.2 Å². The fourth-order valence-electron chi connectivity index (χ4n) is 3.02. The van der Waals surface area contributed by atoms with E-state index < -0.39 is 0 Å². The molecule has 1 aliphatic rings. The lowest BCUT2D eigenvalue weighted by molar-refractivity contribution is -0.113. The van der Waals surface area contributed by atoms with Crippen LogP contribution in [0, 0.1) is 0 Å². The number of nitrogens with zero attached hydrogens (tertiary/aromatic N) is 3. The second-order valence-electron chi connectivity index (χ2n) is 6.69. The van der Waals surface area contributed by atoms with E-state index in [4.69, 9.17) is 9.47 Å². The van der Waals surface area contributed by atoms with Gasteiger partial charge in [0.2, 0.25) is 5.91 Å². The Morgan fingerprint density at radius 3 is 2.62 bits per heavy atom. The zero-order valence-electron chi connectivity index (χ0n) is 16.3. The molecule has 150 valence electrons. The molecule has 1 aliphatic carbocycles. The van der Waals surface area contributed by atoms with Gasteiger partial charge in [0.05, 0.1) is 25.7 Å². The Bertz CT molecular complexity index is 1000. The van der Waals surface area contributed by atoms with E-state index in [1.54, 1.807) is 32.4 Å². The zero-order chi connectivity index (χ0) is 20.2. The van der Waals surface area contributed by atoms with Crippen molar-refractivity contribution >= 4 is 23.4 Å². The van der Waals surface area contributed by atoms with Gasteiger partial charge < -0.3 is 14.8 Å². The number of para-hydroxylation sites is 1. The van der Waals surface area contributed by atoms with E-state index in [9.17, 15) is 4.79 Å². The highest BCUT2D eigenvalue weighted by Gasteiger charge is 2.31. The third-order valence-corrected chi connectivity index (χ3v) is 5.56. The van der Waals surface area contributed by atoms with Gasteiger partial charge in [-0.1, -0.05) is 30.0 Å². The maximum absolute atomic E-state index is 12.5. The number of ether oxygens (including phenoxy) is 2. The summed E-state index contributed by atoms with van der Waals surface area (Å²) in [6, 6.07) is 15.3. The van der Waals surface area contributed by atoms with Gasteiger partial charge in [0.15, 0.2) is 5.16 Å². The van der Waals surface area contributed by atoms with Crippen LogP contribution in [-0.4, -0.2) is 40.6 Å². The van der Waals surface area contributed by atoms with E-state index >= 15 is 0 Å². The van der Waals surface area contributed by atoms with E-state index in [1.165, 1.54) is 11.8 Å². The van der Waals surface area contributed by atoms with E-state index in [1.807, 2.05) is 30.3 Å². The Labute approximate surface area is 173 Å². The second kappa shape index (κ2) is 8.57. The first kappa shape index (κ1) is 19.3. The molecule has 7 nitrogen and oxygen atoms in total. The first-order chi connectivity index (χ1) is 14.2. The Kier molecular flexibility index (Phi) is 5.71. The van der Waals surface area contributed by atoms with Crippen molar-refractivity contribution in [1.29, 1.82) is 0 Å². The smallest absolute Gasteiger partial charge is 0.234 e. The van der Waals surface area contributed by atoms with Crippen LogP contribution in [0.1, 0.15) is 24.6 Å². The molecule has 0 radical (unpaired) electrons. The van der Waals surface area contributed by atoms with Gasteiger partial charge in [-0.2, -0.15) is 0 Å². The molecule has 0 atom stereocenters. The van der Waals surface area contributed by atoms with Gasteiger partial charge in [0, 0.05) is 17.7 Å². The minimum atomic E-state index is -0.144. The Hall–Kier alpha value is -3.00. The highest BCUT2D eigenvalue weighted by Crippen LogP contribution is 2.41. The summed E-state index contributed by atoms with van der Waals surface area (Å²) < 4.78 is 12.6. The molecule has 0 unspecified atom stereocenters. The number of hydrogen-bond acceptors (Lipinski definition) is 6. The van der Waals surface area contributed by atoms with Crippen LogP contribution in [0.3, 0.4) is 0 Å². The summed E-state index contributed by atoms with van der Waals surface area (Å²) in [7, 11) is 3.14. The third kappa shape index (κ3) is 4.37. The number of methoxy groups -OCH3 is 2. The molecule has 0 bridgehead atoms. The minimum absolute atomic E-state index is 0.144. The summed E-state index contributed by atoms with van der Waals surface area (Å²) in [5, 5.41) is 12.3. The standard InChI is InChI=1S/C21H22N4O3S/c1-27-16-10-11-17(18(12-16)28-2)22-19(26)13-29-21-24-23-20(14-8-9-14)25(21)15-6-4-3-5-7-15/h3-7,10-12,14H,8-9,13H2,1-2H3,(H,22,26). The molecule has 4 rings (SSSR count). The van der Waals surface area contributed by atoms with Crippen molar-refractivity contribution in [2.75, 3.05) is 25.3 Å². The van der Waals surface area contributed by atoms with Crippen LogP contribution in [0.2, 0.25) is 0 Å². The number of thioether (sulfide) groups is 1. The molecule has 1 saturated carbocycles. The lowest BCUT2D eigenvalue weighted by Crippen LogP contribution is -2.15. The van der Waals surface area contributed by atoms with Crippen molar-refractivity contribution in [3.05, 3.63) is 54.4 Å². The number of anilines is 1. The van der Waals surface area contributed by atoms with Gasteiger partial charge in [0.25, 0.3) is 0 Å². The Balaban J connectivity index is 1.48. The quantitative estimate of drug-likeness (QED) is 0.568. The van der Waals surface area contributed by atoms with Crippen molar-refractivity contribution in [3.63, 3.8) is 0 Å². The lowest BCUT2D eigenvalue weighted by Gasteiger charge is -2.12. The van der Waals surface area contributed by atoms with E-state index in [0.29, 0.717) is 23.1 Å². The predicted molar refractivity (Wildman–Crippen MR) is 112 cm³/mol. The van der Waals surface area contributed by atoms with Crippen molar-refractivity contribution in [1.82, 2.24) is 14.8 Å². The number of rotatable bonds is 8. The van der Waals surface area contributed by atoms with Crippen molar-refractivity contribution in [2.45, 2.75) is 23.9 Å². The van der Waals surface area contributed by atoms with Crippen LogP contribution in [0.15, 0.2) is 53.7 Å². The fourth-order valence-corrected chi connectivity index (χ4v) is 3.78. The maximum Gasteiger partial charge on any atom is 0.234 e. The summed E-state index contributed by atoms with van der Waals surface area (Å²) in [4.78, 5) is 12.5. The van der Waals surface area contributed by atoms with Crippen molar-refractivity contribution in [3.8, 4) is 17.2 Å². The van der Waals surface area contributed by atoms with Gasteiger partial charge in [0.1, 0.15) is 17.3 Å². The van der Waals surface area contributed by atoms with E-state index in [2.05, 4.69) is 20.1 Å². The van der Waals surface area contributed by atoms with Gasteiger partial charge >= 0.3 is 0 Å². The molecule has 2 aromatic carbocycles. The number of nitrogens with one attached hydrogen (secondary N) is 1. The molecule has 8 heteroatoms. The van der Waals surface area contributed by atoms with Gasteiger partial charge in [-0.05, 0) is 37.1 Å². The second-order valence-corrected chi connectivity index (χ2v) is 7.63. The molecule has 1 heterocycles. The van der Waals surface area contributed by atoms with Crippen LogP contribution < -0.4 is 14.8 Å². The Morgan fingerprint density at radius 2 is 1.93 bits per heavy atom. The monoisotopic (exact) mass is 410 g/mol. The normalized spacial score (nSPS) is 13.2. The largest absolute Gasteiger partial charge is 0.497 e. The topological polar surface area (TPSA) is 78.3 Å². The highest BCUT2D eigenvalue weighted by molar-refractivity contribution is 7.99.